The van der Waals surface area contributed by atoms with Crippen molar-refractivity contribution in [2.75, 3.05) is 39.8 Å². The molecule has 1 aromatic carbocycles. The van der Waals surface area contributed by atoms with Crippen LogP contribution < -0.4 is 10.5 Å². The summed E-state index contributed by atoms with van der Waals surface area (Å²) in [4.78, 5) is 28.0. The third kappa shape index (κ3) is 5.23. The maximum Gasteiger partial charge on any atom is 0.223 e. The van der Waals surface area contributed by atoms with Crippen LogP contribution in [0.4, 0.5) is 0 Å². The van der Waals surface area contributed by atoms with E-state index in [1.54, 1.807) is 7.11 Å². The van der Waals surface area contributed by atoms with Crippen molar-refractivity contribution < 1.29 is 14.3 Å². The molecule has 0 unspecified atom stereocenters. The fraction of sp³-hybridized carbons (Fsp3) is 0.556. The summed E-state index contributed by atoms with van der Waals surface area (Å²) in [5, 5.41) is 0. The van der Waals surface area contributed by atoms with Crippen molar-refractivity contribution in [2.24, 2.45) is 5.73 Å². The normalized spacial score (nSPS) is 14.6. The Labute approximate surface area is 143 Å². The monoisotopic (exact) mass is 333 g/mol. The van der Waals surface area contributed by atoms with Crippen LogP contribution in [0.25, 0.3) is 0 Å². The Morgan fingerprint density at radius 1 is 1.00 bits per heavy atom. The molecule has 2 N–H and O–H groups in total. The average molecular weight is 333 g/mol. The van der Waals surface area contributed by atoms with Crippen molar-refractivity contribution in [3.63, 3.8) is 0 Å². The van der Waals surface area contributed by atoms with E-state index in [9.17, 15) is 9.59 Å². The van der Waals surface area contributed by atoms with E-state index in [4.69, 9.17) is 10.5 Å². The lowest BCUT2D eigenvalue weighted by Gasteiger charge is -2.35. The van der Waals surface area contributed by atoms with Crippen molar-refractivity contribution in [3.8, 4) is 5.75 Å². The molecule has 1 fully saturated rings. The van der Waals surface area contributed by atoms with Gasteiger partial charge in [-0.1, -0.05) is 12.1 Å². The van der Waals surface area contributed by atoms with Crippen LogP contribution >= 0.6 is 0 Å². The van der Waals surface area contributed by atoms with Crippen LogP contribution in [0.15, 0.2) is 24.3 Å². The number of hydrogen-bond acceptors (Lipinski definition) is 4. The molecule has 0 bridgehead atoms. The molecule has 1 aliphatic rings. The minimum atomic E-state index is 0.144. The number of amides is 2. The highest BCUT2D eigenvalue weighted by atomic mass is 16.5. The fourth-order valence-corrected chi connectivity index (χ4v) is 2.82. The molecule has 6 heteroatoms. The Hall–Kier alpha value is -2.08. The van der Waals surface area contributed by atoms with Crippen LogP contribution in [-0.4, -0.2) is 61.4 Å². The van der Waals surface area contributed by atoms with Crippen molar-refractivity contribution in [1.82, 2.24) is 9.80 Å². The fourth-order valence-electron chi connectivity index (χ4n) is 2.82. The van der Waals surface area contributed by atoms with Gasteiger partial charge < -0.3 is 20.3 Å². The highest BCUT2D eigenvalue weighted by molar-refractivity contribution is 5.78. The standard InChI is InChI=1S/C18H27N3O3/c1-24-16-7-4-15(5-8-16)6-9-18(23)21-13-11-20(12-14-21)17(22)3-2-10-19/h4-5,7-8H,2-3,6,9-14,19H2,1H3. The number of ether oxygens (including phenoxy) is 1. The average Bonchev–Trinajstić information content (AvgIpc) is 2.64. The number of hydrogen-bond donors (Lipinski definition) is 1. The predicted molar refractivity (Wildman–Crippen MR) is 92.8 cm³/mol. The van der Waals surface area contributed by atoms with Gasteiger partial charge in [0.15, 0.2) is 0 Å². The summed E-state index contributed by atoms with van der Waals surface area (Å²) in [7, 11) is 1.64. The SMILES string of the molecule is COc1ccc(CCC(=O)N2CCN(C(=O)CCCN)CC2)cc1. The second-order valence-corrected chi connectivity index (χ2v) is 6.00. The van der Waals surface area contributed by atoms with Gasteiger partial charge in [-0.2, -0.15) is 0 Å². The zero-order valence-corrected chi connectivity index (χ0v) is 14.4. The smallest absolute Gasteiger partial charge is 0.223 e. The molecule has 2 amide bonds. The Morgan fingerprint density at radius 3 is 2.04 bits per heavy atom. The van der Waals surface area contributed by atoms with Crippen LogP contribution in [0.3, 0.4) is 0 Å². The molecule has 1 aromatic rings. The van der Waals surface area contributed by atoms with Crippen molar-refractivity contribution in [1.29, 1.82) is 0 Å². The summed E-state index contributed by atoms with van der Waals surface area (Å²) in [5.41, 5.74) is 6.56. The first-order chi connectivity index (χ1) is 11.6. The third-order valence-corrected chi connectivity index (χ3v) is 4.37. The van der Waals surface area contributed by atoms with E-state index in [0.717, 1.165) is 24.2 Å². The minimum absolute atomic E-state index is 0.144. The number of carbonyl (C=O) groups is 2. The zero-order chi connectivity index (χ0) is 17.4. The van der Waals surface area contributed by atoms with Gasteiger partial charge in [-0.25, -0.2) is 0 Å². The van der Waals surface area contributed by atoms with Crippen LogP contribution in [0.5, 0.6) is 5.75 Å². The van der Waals surface area contributed by atoms with E-state index in [0.29, 0.717) is 45.6 Å². The summed E-state index contributed by atoms with van der Waals surface area (Å²) in [6, 6.07) is 7.79. The molecule has 6 nitrogen and oxygen atoms in total. The van der Waals surface area contributed by atoms with E-state index < -0.39 is 0 Å². The quantitative estimate of drug-likeness (QED) is 0.809. The van der Waals surface area contributed by atoms with Gasteiger partial charge in [-0.05, 0) is 37.1 Å². The molecule has 0 aliphatic carbocycles. The van der Waals surface area contributed by atoms with Gasteiger partial charge in [0, 0.05) is 39.0 Å². The van der Waals surface area contributed by atoms with Crippen LogP contribution in [-0.2, 0) is 16.0 Å². The molecule has 1 aliphatic heterocycles. The molecule has 132 valence electrons. The summed E-state index contributed by atoms with van der Waals surface area (Å²) in [6.45, 7) is 3.02. The lowest BCUT2D eigenvalue weighted by atomic mass is 10.1. The van der Waals surface area contributed by atoms with Gasteiger partial charge in [0.05, 0.1) is 7.11 Å². The Balaban J connectivity index is 1.73. The summed E-state index contributed by atoms with van der Waals surface area (Å²) in [6.07, 6.45) is 2.44. The molecule has 0 spiro atoms. The predicted octanol–water partition coefficient (Wildman–Crippen LogP) is 1.04. The van der Waals surface area contributed by atoms with E-state index in [2.05, 4.69) is 0 Å². The largest absolute Gasteiger partial charge is 0.497 e. The molecule has 1 heterocycles. The Morgan fingerprint density at radius 2 is 1.54 bits per heavy atom. The molecule has 1 saturated heterocycles. The number of nitrogens with zero attached hydrogens (tertiary/aromatic N) is 2. The van der Waals surface area contributed by atoms with Crippen molar-refractivity contribution in [3.05, 3.63) is 29.8 Å². The Kier molecular flexibility index (Phi) is 7.06. The minimum Gasteiger partial charge on any atom is -0.497 e. The summed E-state index contributed by atoms with van der Waals surface area (Å²) in [5.74, 6) is 1.12. The highest BCUT2D eigenvalue weighted by Gasteiger charge is 2.23. The number of rotatable bonds is 7. The van der Waals surface area contributed by atoms with E-state index in [1.807, 2.05) is 34.1 Å². The summed E-state index contributed by atoms with van der Waals surface area (Å²) < 4.78 is 5.13. The van der Waals surface area contributed by atoms with Crippen molar-refractivity contribution in [2.45, 2.75) is 25.7 Å². The van der Waals surface area contributed by atoms with Crippen molar-refractivity contribution >= 4 is 11.8 Å². The van der Waals surface area contributed by atoms with Crippen LogP contribution in [0, 0.1) is 0 Å². The molecule has 0 atom stereocenters. The second-order valence-electron chi connectivity index (χ2n) is 6.00. The summed E-state index contributed by atoms with van der Waals surface area (Å²) >= 11 is 0. The molecule has 0 radical (unpaired) electrons. The number of carbonyl (C=O) groups excluding carboxylic acids is 2. The zero-order valence-electron chi connectivity index (χ0n) is 14.4. The van der Waals surface area contributed by atoms with Crippen LogP contribution in [0.1, 0.15) is 24.8 Å². The number of aryl methyl sites for hydroxylation is 1. The molecule has 2 rings (SSSR count). The topological polar surface area (TPSA) is 75.9 Å². The number of nitrogens with two attached hydrogens (primary N) is 1. The first-order valence-corrected chi connectivity index (χ1v) is 8.52. The van der Waals surface area contributed by atoms with Gasteiger partial charge in [-0.15, -0.1) is 0 Å². The Bertz CT molecular complexity index is 537. The first-order valence-electron chi connectivity index (χ1n) is 8.52. The third-order valence-electron chi connectivity index (χ3n) is 4.37. The maximum absolute atomic E-state index is 12.3. The van der Waals surface area contributed by atoms with E-state index in [1.165, 1.54) is 0 Å². The van der Waals surface area contributed by atoms with Gasteiger partial charge >= 0.3 is 0 Å². The lowest BCUT2D eigenvalue weighted by molar-refractivity contribution is -0.139. The molecule has 24 heavy (non-hydrogen) atoms. The molecular weight excluding hydrogens is 306 g/mol. The van der Waals surface area contributed by atoms with Crippen LogP contribution in [0.2, 0.25) is 0 Å². The first kappa shape index (κ1) is 18.3. The van der Waals surface area contributed by atoms with Gasteiger partial charge in [0.1, 0.15) is 5.75 Å². The van der Waals surface area contributed by atoms with E-state index >= 15 is 0 Å². The highest BCUT2D eigenvalue weighted by Crippen LogP contribution is 2.14. The molecule has 0 saturated carbocycles. The van der Waals surface area contributed by atoms with Gasteiger partial charge in [0.25, 0.3) is 0 Å². The lowest BCUT2D eigenvalue weighted by Crippen LogP contribution is -2.50. The second kappa shape index (κ2) is 9.27. The van der Waals surface area contributed by atoms with Gasteiger partial charge in [-0.3, -0.25) is 9.59 Å². The number of methoxy groups -OCH3 is 1. The number of piperazine rings is 1. The number of benzene rings is 1. The van der Waals surface area contributed by atoms with Gasteiger partial charge in [0.2, 0.25) is 11.8 Å². The van der Waals surface area contributed by atoms with E-state index in [-0.39, 0.29) is 11.8 Å². The molecular formula is C18H27N3O3. The molecule has 0 aromatic heterocycles. The maximum atomic E-state index is 12.3.